The Morgan fingerprint density at radius 3 is 2.33 bits per heavy atom. The van der Waals surface area contributed by atoms with Crippen LogP contribution in [0.2, 0.25) is 0 Å². The van der Waals surface area contributed by atoms with Crippen LogP contribution in [0.3, 0.4) is 0 Å². The van der Waals surface area contributed by atoms with Crippen LogP contribution in [0.15, 0.2) is 30.3 Å². The molecule has 5 nitrogen and oxygen atoms in total. The van der Waals surface area contributed by atoms with Gasteiger partial charge in [-0.1, -0.05) is 18.2 Å². The number of nitrogens with two attached hydrogens (primary N) is 1. The zero-order valence-corrected chi connectivity index (χ0v) is 11.4. The van der Waals surface area contributed by atoms with Gasteiger partial charge in [-0.3, -0.25) is 9.71 Å². The third-order valence-electron chi connectivity index (χ3n) is 2.53. The Morgan fingerprint density at radius 1 is 1.33 bits per heavy atom. The van der Waals surface area contributed by atoms with Crippen molar-refractivity contribution in [1.29, 1.82) is 5.41 Å². The normalized spacial score (nSPS) is 11.5. The van der Waals surface area contributed by atoms with Gasteiger partial charge >= 0.3 is 0 Å². The van der Waals surface area contributed by atoms with Gasteiger partial charge in [-0.2, -0.15) is 0 Å². The molecule has 100 valence electrons. The highest BCUT2D eigenvalue weighted by molar-refractivity contribution is 7.93. The summed E-state index contributed by atoms with van der Waals surface area (Å²) >= 11 is 0. The number of amidine groups is 1. The Morgan fingerprint density at radius 2 is 1.89 bits per heavy atom. The minimum atomic E-state index is -3.41. The van der Waals surface area contributed by atoms with Gasteiger partial charge in [0, 0.05) is 13.0 Å². The third-order valence-corrected chi connectivity index (χ3v) is 4.73. The summed E-state index contributed by atoms with van der Waals surface area (Å²) in [5.41, 5.74) is 5.90. The molecule has 0 heterocycles. The molecule has 0 unspecified atom stereocenters. The minimum Gasteiger partial charge on any atom is -0.388 e. The average Bonchev–Trinajstić information content (AvgIpc) is 2.29. The van der Waals surface area contributed by atoms with Gasteiger partial charge in [0.05, 0.1) is 16.8 Å². The Bertz CT molecular complexity index is 497. The standard InChI is InChI=1S/C12H19N3O2S/c1-10(2)18(16,17)15(9-8-12(13)14)11-6-4-3-5-7-11/h3-7,10H,8-9H2,1-2H3,(H3,13,14). The van der Waals surface area contributed by atoms with Crippen LogP contribution in [0, 0.1) is 5.41 Å². The van der Waals surface area contributed by atoms with E-state index < -0.39 is 15.3 Å². The van der Waals surface area contributed by atoms with Gasteiger partial charge in [0.15, 0.2) is 0 Å². The van der Waals surface area contributed by atoms with Crippen LogP contribution in [0.1, 0.15) is 20.3 Å². The van der Waals surface area contributed by atoms with Crippen molar-refractivity contribution in [3.8, 4) is 0 Å². The van der Waals surface area contributed by atoms with Crippen LogP contribution >= 0.6 is 0 Å². The number of hydrogen-bond donors (Lipinski definition) is 2. The zero-order chi connectivity index (χ0) is 13.8. The molecule has 1 aromatic rings. The lowest BCUT2D eigenvalue weighted by molar-refractivity contribution is 0.582. The van der Waals surface area contributed by atoms with Gasteiger partial charge in [-0.15, -0.1) is 0 Å². The predicted molar refractivity (Wildman–Crippen MR) is 74.4 cm³/mol. The molecule has 3 N–H and O–H groups in total. The third kappa shape index (κ3) is 3.46. The van der Waals surface area contributed by atoms with Crippen LogP contribution in [0.5, 0.6) is 0 Å². The second kappa shape index (κ2) is 5.86. The highest BCUT2D eigenvalue weighted by Gasteiger charge is 2.25. The molecule has 0 amide bonds. The maximum atomic E-state index is 12.3. The smallest absolute Gasteiger partial charge is 0.237 e. The van der Waals surface area contributed by atoms with E-state index in [4.69, 9.17) is 11.1 Å². The number of benzene rings is 1. The molecule has 0 aromatic heterocycles. The van der Waals surface area contributed by atoms with Gasteiger partial charge in [0.2, 0.25) is 10.0 Å². The minimum absolute atomic E-state index is 0.0186. The van der Waals surface area contributed by atoms with Crippen molar-refractivity contribution in [2.45, 2.75) is 25.5 Å². The first kappa shape index (κ1) is 14.5. The van der Waals surface area contributed by atoms with Crippen LogP contribution < -0.4 is 10.0 Å². The van der Waals surface area contributed by atoms with Crippen molar-refractivity contribution in [1.82, 2.24) is 0 Å². The molecule has 0 atom stereocenters. The van der Waals surface area contributed by atoms with Crippen molar-refractivity contribution in [3.63, 3.8) is 0 Å². The lowest BCUT2D eigenvalue weighted by Gasteiger charge is -2.26. The van der Waals surface area contributed by atoms with Crippen molar-refractivity contribution in [2.75, 3.05) is 10.8 Å². The zero-order valence-electron chi connectivity index (χ0n) is 10.6. The van der Waals surface area contributed by atoms with E-state index in [1.807, 2.05) is 6.07 Å². The number of sulfonamides is 1. The molecule has 1 rings (SSSR count). The molecule has 18 heavy (non-hydrogen) atoms. The van der Waals surface area contributed by atoms with Crippen LogP contribution in [0.4, 0.5) is 5.69 Å². The van der Waals surface area contributed by atoms with Crippen molar-refractivity contribution in [2.24, 2.45) is 5.73 Å². The van der Waals surface area contributed by atoms with E-state index in [1.165, 1.54) is 4.31 Å². The number of nitrogens with one attached hydrogen (secondary N) is 1. The molecular formula is C12H19N3O2S. The molecule has 0 spiro atoms. The Balaban J connectivity index is 3.07. The molecular weight excluding hydrogens is 250 g/mol. The number of nitrogens with zero attached hydrogens (tertiary/aromatic N) is 1. The average molecular weight is 269 g/mol. The molecule has 0 saturated heterocycles. The number of rotatable bonds is 6. The highest BCUT2D eigenvalue weighted by atomic mass is 32.2. The van der Waals surface area contributed by atoms with E-state index >= 15 is 0 Å². The summed E-state index contributed by atoms with van der Waals surface area (Å²) in [7, 11) is -3.41. The summed E-state index contributed by atoms with van der Waals surface area (Å²) in [5.74, 6) is -0.0186. The van der Waals surface area contributed by atoms with Crippen LogP contribution in [-0.4, -0.2) is 26.0 Å². The summed E-state index contributed by atoms with van der Waals surface area (Å²) in [6.07, 6.45) is 0.223. The SMILES string of the molecule is CC(C)S(=O)(=O)N(CCC(=N)N)c1ccccc1. The van der Waals surface area contributed by atoms with Gasteiger partial charge in [0.1, 0.15) is 0 Å². The molecule has 0 fully saturated rings. The maximum absolute atomic E-state index is 12.3. The lowest BCUT2D eigenvalue weighted by Crippen LogP contribution is -2.38. The van der Waals surface area contributed by atoms with Gasteiger partial charge < -0.3 is 5.73 Å². The van der Waals surface area contributed by atoms with E-state index in [9.17, 15) is 8.42 Å². The van der Waals surface area contributed by atoms with E-state index in [-0.39, 0.29) is 18.8 Å². The van der Waals surface area contributed by atoms with E-state index in [0.29, 0.717) is 5.69 Å². The first-order valence-corrected chi connectivity index (χ1v) is 7.25. The summed E-state index contributed by atoms with van der Waals surface area (Å²) in [5, 5.41) is 6.71. The molecule has 6 heteroatoms. The number of para-hydroxylation sites is 1. The van der Waals surface area contributed by atoms with E-state index in [1.54, 1.807) is 38.1 Å². The Labute approximate surface area is 108 Å². The van der Waals surface area contributed by atoms with Crippen LogP contribution in [0.25, 0.3) is 0 Å². The Hall–Kier alpha value is -1.56. The quantitative estimate of drug-likeness (QED) is 0.607. The van der Waals surface area contributed by atoms with Gasteiger partial charge in [-0.25, -0.2) is 8.42 Å². The van der Waals surface area contributed by atoms with Crippen LogP contribution in [-0.2, 0) is 10.0 Å². The van der Waals surface area contributed by atoms with Gasteiger partial charge in [-0.05, 0) is 26.0 Å². The summed E-state index contributed by atoms with van der Waals surface area (Å²) < 4.78 is 25.8. The van der Waals surface area contributed by atoms with Crippen molar-refractivity contribution in [3.05, 3.63) is 30.3 Å². The summed E-state index contributed by atoms with van der Waals surface area (Å²) in [6.45, 7) is 3.47. The van der Waals surface area contributed by atoms with Crippen molar-refractivity contribution >= 4 is 21.5 Å². The second-order valence-electron chi connectivity index (χ2n) is 4.28. The highest BCUT2D eigenvalue weighted by Crippen LogP contribution is 2.20. The molecule has 0 radical (unpaired) electrons. The largest absolute Gasteiger partial charge is 0.388 e. The molecule has 0 saturated carbocycles. The maximum Gasteiger partial charge on any atom is 0.237 e. The van der Waals surface area contributed by atoms with Crippen molar-refractivity contribution < 1.29 is 8.42 Å². The van der Waals surface area contributed by atoms with E-state index in [2.05, 4.69) is 0 Å². The fourth-order valence-corrected chi connectivity index (χ4v) is 2.74. The second-order valence-corrected chi connectivity index (χ2v) is 6.69. The summed E-state index contributed by atoms with van der Waals surface area (Å²) in [4.78, 5) is 0. The van der Waals surface area contributed by atoms with Gasteiger partial charge in [0.25, 0.3) is 0 Å². The fourth-order valence-electron chi connectivity index (χ4n) is 1.47. The number of hydrogen-bond acceptors (Lipinski definition) is 3. The number of anilines is 1. The Kier molecular flexibility index (Phi) is 4.72. The molecule has 1 aromatic carbocycles. The first-order valence-electron chi connectivity index (χ1n) is 5.75. The monoisotopic (exact) mass is 269 g/mol. The first-order chi connectivity index (χ1) is 8.35. The fraction of sp³-hybridized carbons (Fsp3) is 0.417. The predicted octanol–water partition coefficient (Wildman–Crippen LogP) is 1.56. The summed E-state index contributed by atoms with van der Waals surface area (Å²) in [6, 6.07) is 8.87. The molecule has 0 bridgehead atoms. The topological polar surface area (TPSA) is 87.2 Å². The lowest BCUT2D eigenvalue weighted by atomic mass is 10.3. The molecule has 0 aliphatic heterocycles. The van der Waals surface area contributed by atoms with E-state index in [0.717, 1.165) is 0 Å². The molecule has 0 aliphatic carbocycles. The molecule has 0 aliphatic rings.